The van der Waals surface area contributed by atoms with Crippen LogP contribution >= 0.6 is 0 Å². The van der Waals surface area contributed by atoms with Crippen molar-refractivity contribution in [2.45, 2.75) is 25.4 Å². The molecular formula is C11H16N4O3. The van der Waals surface area contributed by atoms with Crippen LogP contribution in [0.3, 0.4) is 0 Å². The molecule has 2 rings (SSSR count). The van der Waals surface area contributed by atoms with Gasteiger partial charge >= 0.3 is 12.0 Å². The Labute approximate surface area is 104 Å². The molecule has 1 saturated heterocycles. The van der Waals surface area contributed by atoms with Crippen molar-refractivity contribution in [3.05, 3.63) is 18.5 Å². The number of rotatable bonds is 4. The van der Waals surface area contributed by atoms with E-state index in [0.717, 1.165) is 6.42 Å². The maximum absolute atomic E-state index is 11.8. The maximum atomic E-state index is 11.8. The van der Waals surface area contributed by atoms with Crippen LogP contribution in [0.15, 0.2) is 18.5 Å². The summed E-state index contributed by atoms with van der Waals surface area (Å²) in [6, 6.07) is 0.810. The molecule has 0 bridgehead atoms. The lowest BCUT2D eigenvalue weighted by Gasteiger charge is -2.21. The van der Waals surface area contributed by atoms with Gasteiger partial charge in [0.25, 0.3) is 0 Å². The van der Waals surface area contributed by atoms with Gasteiger partial charge in [-0.25, -0.2) is 9.59 Å². The number of nitrogens with zero attached hydrogens (tertiary/aromatic N) is 3. The number of carboxylic acid groups (broad SMARTS) is 1. The minimum atomic E-state index is -0.935. The highest BCUT2D eigenvalue weighted by Gasteiger charge is 2.33. The number of hydrogen-bond acceptors (Lipinski definition) is 3. The van der Waals surface area contributed by atoms with Crippen LogP contribution in [0.1, 0.15) is 12.8 Å². The molecule has 0 aliphatic carbocycles. The van der Waals surface area contributed by atoms with Crippen LogP contribution in [0, 0.1) is 0 Å². The number of carboxylic acids is 1. The van der Waals surface area contributed by atoms with Crippen molar-refractivity contribution in [3.63, 3.8) is 0 Å². The third-order valence-electron chi connectivity index (χ3n) is 2.98. The minimum Gasteiger partial charge on any atom is -0.480 e. The Balaban J connectivity index is 1.79. The number of carbonyl (C=O) groups excluding carboxylic acids is 1. The van der Waals surface area contributed by atoms with E-state index in [1.54, 1.807) is 10.9 Å². The maximum Gasteiger partial charge on any atom is 0.326 e. The zero-order valence-electron chi connectivity index (χ0n) is 9.95. The molecule has 2 N–H and O–H groups in total. The fraction of sp³-hybridized carbons (Fsp3) is 0.545. The first-order valence-electron chi connectivity index (χ1n) is 5.93. The molecule has 98 valence electrons. The summed E-state index contributed by atoms with van der Waals surface area (Å²) < 4.78 is 1.71. The summed E-state index contributed by atoms with van der Waals surface area (Å²) >= 11 is 0. The molecule has 0 aromatic carbocycles. The summed E-state index contributed by atoms with van der Waals surface area (Å²) in [6.07, 6.45) is 4.75. The van der Waals surface area contributed by atoms with Gasteiger partial charge in [0.15, 0.2) is 0 Å². The highest BCUT2D eigenvalue weighted by molar-refractivity contribution is 5.83. The molecular weight excluding hydrogens is 236 g/mol. The van der Waals surface area contributed by atoms with Gasteiger partial charge in [-0.15, -0.1) is 0 Å². The van der Waals surface area contributed by atoms with E-state index < -0.39 is 12.0 Å². The molecule has 0 saturated carbocycles. The molecule has 1 aliphatic heterocycles. The Kier molecular flexibility index (Phi) is 3.81. The van der Waals surface area contributed by atoms with E-state index in [1.165, 1.54) is 4.90 Å². The van der Waals surface area contributed by atoms with Crippen molar-refractivity contribution in [2.75, 3.05) is 13.1 Å². The van der Waals surface area contributed by atoms with Gasteiger partial charge < -0.3 is 15.3 Å². The summed E-state index contributed by atoms with van der Waals surface area (Å²) in [6.45, 7) is 1.51. The molecule has 7 nitrogen and oxygen atoms in total. The van der Waals surface area contributed by atoms with Crippen molar-refractivity contribution in [1.29, 1.82) is 0 Å². The second kappa shape index (κ2) is 5.52. The second-order valence-corrected chi connectivity index (χ2v) is 4.19. The van der Waals surface area contributed by atoms with Crippen LogP contribution in [0.2, 0.25) is 0 Å². The first-order valence-corrected chi connectivity index (χ1v) is 5.93. The van der Waals surface area contributed by atoms with Gasteiger partial charge in [0.2, 0.25) is 0 Å². The summed E-state index contributed by atoms with van der Waals surface area (Å²) in [5, 5.41) is 15.7. The third kappa shape index (κ3) is 2.79. The highest BCUT2D eigenvalue weighted by Crippen LogP contribution is 2.17. The van der Waals surface area contributed by atoms with Crippen molar-refractivity contribution in [3.8, 4) is 0 Å². The quantitative estimate of drug-likeness (QED) is 0.798. The summed E-state index contributed by atoms with van der Waals surface area (Å²) in [7, 11) is 0. The fourth-order valence-electron chi connectivity index (χ4n) is 2.08. The van der Waals surface area contributed by atoms with Gasteiger partial charge in [0.05, 0.1) is 6.54 Å². The number of hydrogen-bond donors (Lipinski definition) is 2. The number of carbonyl (C=O) groups is 2. The number of aliphatic carboxylic acids is 1. The van der Waals surface area contributed by atoms with E-state index in [2.05, 4.69) is 10.4 Å². The number of nitrogens with one attached hydrogen (secondary N) is 1. The van der Waals surface area contributed by atoms with Crippen LogP contribution in [0.25, 0.3) is 0 Å². The lowest BCUT2D eigenvalue weighted by Crippen LogP contribution is -2.46. The summed E-state index contributed by atoms with van der Waals surface area (Å²) in [5.41, 5.74) is 0. The first-order chi connectivity index (χ1) is 8.68. The molecule has 0 unspecified atom stereocenters. The van der Waals surface area contributed by atoms with Crippen molar-refractivity contribution in [2.24, 2.45) is 0 Å². The molecule has 0 spiro atoms. The molecule has 1 fully saturated rings. The van der Waals surface area contributed by atoms with Crippen LogP contribution < -0.4 is 5.32 Å². The number of urea groups is 1. The molecule has 1 aromatic rings. The first kappa shape index (κ1) is 12.4. The molecule has 18 heavy (non-hydrogen) atoms. The smallest absolute Gasteiger partial charge is 0.326 e. The molecule has 1 aliphatic rings. The van der Waals surface area contributed by atoms with E-state index in [4.69, 9.17) is 5.11 Å². The minimum absolute atomic E-state index is 0.313. The van der Waals surface area contributed by atoms with E-state index in [-0.39, 0.29) is 6.03 Å². The normalized spacial score (nSPS) is 18.9. The van der Waals surface area contributed by atoms with Crippen molar-refractivity contribution < 1.29 is 14.7 Å². The topological polar surface area (TPSA) is 87.5 Å². The zero-order valence-corrected chi connectivity index (χ0v) is 9.95. The van der Waals surface area contributed by atoms with Crippen LogP contribution in [0.4, 0.5) is 4.79 Å². The highest BCUT2D eigenvalue weighted by atomic mass is 16.4. The largest absolute Gasteiger partial charge is 0.480 e. The zero-order chi connectivity index (χ0) is 13.0. The third-order valence-corrected chi connectivity index (χ3v) is 2.98. The monoisotopic (exact) mass is 252 g/mol. The summed E-state index contributed by atoms with van der Waals surface area (Å²) in [5.74, 6) is -0.935. The van der Waals surface area contributed by atoms with Gasteiger partial charge in [0.1, 0.15) is 6.04 Å². The predicted molar refractivity (Wildman–Crippen MR) is 63.0 cm³/mol. The van der Waals surface area contributed by atoms with E-state index >= 15 is 0 Å². The molecule has 1 atom stereocenters. The molecule has 0 radical (unpaired) electrons. The molecule has 7 heteroatoms. The fourth-order valence-corrected chi connectivity index (χ4v) is 2.08. The average molecular weight is 252 g/mol. The van der Waals surface area contributed by atoms with Gasteiger partial charge in [-0.05, 0) is 18.9 Å². The van der Waals surface area contributed by atoms with Gasteiger partial charge in [-0.2, -0.15) is 5.10 Å². The van der Waals surface area contributed by atoms with Gasteiger partial charge in [0, 0.05) is 25.5 Å². The number of aromatic nitrogens is 2. The lowest BCUT2D eigenvalue weighted by molar-refractivity contribution is -0.141. The summed E-state index contributed by atoms with van der Waals surface area (Å²) in [4.78, 5) is 24.1. The van der Waals surface area contributed by atoms with E-state index in [0.29, 0.717) is 26.1 Å². The molecule has 1 aromatic heterocycles. The standard InChI is InChI=1S/C11H16N4O3/c16-10(17)9-3-1-7-15(9)11(18)12-5-8-14-6-2-4-13-14/h2,4,6,9H,1,3,5,7-8H2,(H,12,18)(H,16,17)/t9-/m0/s1. The molecule has 2 heterocycles. The second-order valence-electron chi connectivity index (χ2n) is 4.19. The predicted octanol–water partition coefficient (Wildman–Crippen LogP) is 0.142. The average Bonchev–Trinajstić information content (AvgIpc) is 2.99. The Hall–Kier alpha value is -2.05. The van der Waals surface area contributed by atoms with Gasteiger partial charge in [-0.1, -0.05) is 0 Å². The SMILES string of the molecule is O=C(O)[C@@H]1CCCN1C(=O)NCCn1cccn1. The van der Waals surface area contributed by atoms with Crippen LogP contribution in [0.5, 0.6) is 0 Å². The van der Waals surface area contributed by atoms with Crippen molar-refractivity contribution >= 4 is 12.0 Å². The lowest BCUT2D eigenvalue weighted by atomic mass is 10.2. The van der Waals surface area contributed by atoms with Crippen LogP contribution in [-0.4, -0.2) is 50.9 Å². The molecule has 2 amide bonds. The van der Waals surface area contributed by atoms with E-state index in [9.17, 15) is 9.59 Å². The Morgan fingerprint density at radius 3 is 3.00 bits per heavy atom. The number of likely N-dealkylation sites (tertiary alicyclic amines) is 1. The Morgan fingerprint density at radius 1 is 1.50 bits per heavy atom. The van der Waals surface area contributed by atoms with Crippen LogP contribution in [-0.2, 0) is 11.3 Å². The Bertz CT molecular complexity index is 418. The van der Waals surface area contributed by atoms with Gasteiger partial charge in [-0.3, -0.25) is 4.68 Å². The number of amides is 2. The van der Waals surface area contributed by atoms with E-state index in [1.807, 2.05) is 12.3 Å². The van der Waals surface area contributed by atoms with Crippen molar-refractivity contribution in [1.82, 2.24) is 20.0 Å². The Morgan fingerprint density at radius 2 is 2.33 bits per heavy atom.